The zero-order valence-corrected chi connectivity index (χ0v) is 13.4. The van der Waals surface area contributed by atoms with Gasteiger partial charge in [0.25, 0.3) is 0 Å². The molecule has 0 amide bonds. The van der Waals surface area contributed by atoms with Crippen molar-refractivity contribution in [3.8, 4) is 5.75 Å². The Labute approximate surface area is 143 Å². The highest BCUT2D eigenvalue weighted by Crippen LogP contribution is 2.43. The molecule has 24 heavy (non-hydrogen) atoms. The summed E-state index contributed by atoms with van der Waals surface area (Å²) in [6.07, 6.45) is 1.57. The monoisotopic (exact) mass is 336 g/mol. The highest BCUT2D eigenvalue weighted by Gasteiger charge is 2.34. The molecule has 3 aromatic rings. The SMILES string of the molecule is Clc1ccc2c(c1)C1=C(CO2)C(c2ccccc2)n2ncnc2N1. The van der Waals surface area contributed by atoms with Crippen molar-refractivity contribution in [1.82, 2.24) is 14.8 Å². The molecule has 1 aromatic heterocycles. The standard InChI is InChI=1S/C18H13ClN4O/c19-12-6-7-15-13(8-12)16-14(9-24-15)17(11-4-2-1-3-5-11)23-18(22-16)20-10-21-23/h1-8,10,17H,9H2,(H,20,21,22). The Morgan fingerprint density at radius 2 is 2.04 bits per heavy atom. The predicted octanol–water partition coefficient (Wildman–Crippen LogP) is 3.75. The van der Waals surface area contributed by atoms with Gasteiger partial charge in [0.15, 0.2) is 0 Å². The van der Waals surface area contributed by atoms with Crippen LogP contribution in [0.5, 0.6) is 5.75 Å². The Kier molecular flexibility index (Phi) is 2.90. The van der Waals surface area contributed by atoms with Gasteiger partial charge in [-0.25, -0.2) is 4.68 Å². The van der Waals surface area contributed by atoms with E-state index in [4.69, 9.17) is 16.3 Å². The molecule has 2 aliphatic rings. The molecule has 0 bridgehead atoms. The molecular formula is C18H13ClN4O. The Morgan fingerprint density at radius 3 is 2.92 bits per heavy atom. The van der Waals surface area contributed by atoms with Crippen LogP contribution in [-0.2, 0) is 0 Å². The second-order valence-corrected chi connectivity index (χ2v) is 6.23. The summed E-state index contributed by atoms with van der Waals surface area (Å²) in [5.74, 6) is 1.54. The largest absolute Gasteiger partial charge is 0.488 e. The van der Waals surface area contributed by atoms with E-state index in [9.17, 15) is 0 Å². The van der Waals surface area contributed by atoms with Crippen LogP contribution in [0.2, 0.25) is 5.02 Å². The average Bonchev–Trinajstić information content (AvgIpc) is 3.08. The fraction of sp³-hybridized carbons (Fsp3) is 0.111. The van der Waals surface area contributed by atoms with E-state index in [0.717, 1.165) is 34.1 Å². The van der Waals surface area contributed by atoms with Crippen molar-refractivity contribution in [1.29, 1.82) is 0 Å². The van der Waals surface area contributed by atoms with Gasteiger partial charge in [-0.1, -0.05) is 41.9 Å². The number of hydrogen-bond donors (Lipinski definition) is 1. The van der Waals surface area contributed by atoms with Gasteiger partial charge in [-0.15, -0.1) is 0 Å². The minimum atomic E-state index is -0.0490. The van der Waals surface area contributed by atoms with Crippen LogP contribution in [0.25, 0.3) is 5.70 Å². The first-order valence-electron chi connectivity index (χ1n) is 7.68. The van der Waals surface area contributed by atoms with E-state index in [1.54, 1.807) is 6.33 Å². The van der Waals surface area contributed by atoms with E-state index in [1.165, 1.54) is 0 Å². The van der Waals surface area contributed by atoms with Crippen molar-refractivity contribution in [2.24, 2.45) is 0 Å². The van der Waals surface area contributed by atoms with Gasteiger partial charge in [-0.05, 0) is 23.8 Å². The topological polar surface area (TPSA) is 52.0 Å². The van der Waals surface area contributed by atoms with Gasteiger partial charge in [-0.3, -0.25) is 0 Å². The van der Waals surface area contributed by atoms with Crippen molar-refractivity contribution in [3.63, 3.8) is 0 Å². The molecule has 0 saturated carbocycles. The van der Waals surface area contributed by atoms with Crippen LogP contribution in [0.15, 0.2) is 60.4 Å². The lowest BCUT2D eigenvalue weighted by atomic mass is 9.92. The molecule has 5 nitrogen and oxygen atoms in total. The number of fused-ring (bicyclic) bond motifs is 3. The van der Waals surface area contributed by atoms with Gasteiger partial charge in [0, 0.05) is 16.2 Å². The van der Waals surface area contributed by atoms with Crippen molar-refractivity contribution in [3.05, 3.63) is 76.6 Å². The van der Waals surface area contributed by atoms with Crippen molar-refractivity contribution in [2.75, 3.05) is 11.9 Å². The van der Waals surface area contributed by atoms with Crippen LogP contribution in [-0.4, -0.2) is 21.4 Å². The van der Waals surface area contributed by atoms with Crippen LogP contribution in [0.1, 0.15) is 17.2 Å². The molecule has 2 aromatic carbocycles. The van der Waals surface area contributed by atoms with Gasteiger partial charge in [0.1, 0.15) is 24.7 Å². The molecule has 118 valence electrons. The fourth-order valence-corrected chi connectivity index (χ4v) is 3.53. The number of aromatic nitrogens is 3. The first-order valence-corrected chi connectivity index (χ1v) is 8.06. The fourth-order valence-electron chi connectivity index (χ4n) is 3.35. The van der Waals surface area contributed by atoms with Crippen LogP contribution < -0.4 is 10.1 Å². The molecule has 6 heteroatoms. The molecule has 0 aliphatic carbocycles. The third-order valence-electron chi connectivity index (χ3n) is 4.42. The number of hydrogen-bond acceptors (Lipinski definition) is 4. The molecule has 0 radical (unpaired) electrons. The van der Waals surface area contributed by atoms with E-state index < -0.39 is 0 Å². The number of rotatable bonds is 1. The quantitative estimate of drug-likeness (QED) is 0.735. The maximum absolute atomic E-state index is 6.20. The van der Waals surface area contributed by atoms with Gasteiger partial charge in [0.2, 0.25) is 5.95 Å². The summed E-state index contributed by atoms with van der Waals surface area (Å²) < 4.78 is 7.87. The van der Waals surface area contributed by atoms with Gasteiger partial charge in [0.05, 0.1) is 5.70 Å². The smallest absolute Gasteiger partial charge is 0.226 e. The van der Waals surface area contributed by atoms with Crippen LogP contribution in [0, 0.1) is 0 Å². The maximum Gasteiger partial charge on any atom is 0.226 e. The second kappa shape index (κ2) is 5.11. The van der Waals surface area contributed by atoms with Gasteiger partial charge >= 0.3 is 0 Å². The molecule has 1 N–H and O–H groups in total. The zero-order chi connectivity index (χ0) is 16.1. The first-order chi connectivity index (χ1) is 11.8. The van der Waals surface area contributed by atoms with Crippen LogP contribution in [0.3, 0.4) is 0 Å². The third kappa shape index (κ3) is 1.95. The van der Waals surface area contributed by atoms with E-state index in [0.29, 0.717) is 11.6 Å². The normalized spacial score (nSPS) is 18.1. The summed E-state index contributed by atoms with van der Waals surface area (Å²) in [7, 11) is 0. The average molecular weight is 337 g/mol. The van der Waals surface area contributed by atoms with Crippen LogP contribution >= 0.6 is 11.6 Å². The minimum Gasteiger partial charge on any atom is -0.488 e. The van der Waals surface area contributed by atoms with E-state index in [1.807, 2.05) is 41.1 Å². The third-order valence-corrected chi connectivity index (χ3v) is 4.65. The summed E-state index contributed by atoms with van der Waals surface area (Å²) in [5, 5.41) is 8.48. The van der Waals surface area contributed by atoms with Crippen molar-refractivity contribution < 1.29 is 4.74 Å². The van der Waals surface area contributed by atoms with Gasteiger partial charge in [-0.2, -0.15) is 10.1 Å². The highest BCUT2D eigenvalue weighted by atomic mass is 35.5. The Balaban J connectivity index is 1.75. The van der Waals surface area contributed by atoms with Crippen LogP contribution in [0.4, 0.5) is 5.95 Å². The molecule has 1 unspecified atom stereocenters. The summed E-state index contributed by atoms with van der Waals surface area (Å²) in [5.41, 5.74) is 4.23. The Bertz CT molecular complexity index is 964. The molecule has 0 saturated heterocycles. The summed E-state index contributed by atoms with van der Waals surface area (Å²) in [6.45, 7) is 0.496. The second-order valence-electron chi connectivity index (χ2n) is 5.80. The lowest BCUT2D eigenvalue weighted by Crippen LogP contribution is -2.30. The van der Waals surface area contributed by atoms with Crippen molar-refractivity contribution >= 4 is 23.2 Å². The summed E-state index contributed by atoms with van der Waals surface area (Å²) in [6, 6.07) is 15.9. The molecule has 0 spiro atoms. The van der Waals surface area contributed by atoms with E-state index in [-0.39, 0.29) is 6.04 Å². The van der Waals surface area contributed by atoms with Crippen molar-refractivity contribution in [2.45, 2.75) is 6.04 Å². The first kappa shape index (κ1) is 13.6. The molecule has 5 rings (SSSR count). The zero-order valence-electron chi connectivity index (χ0n) is 12.6. The number of benzene rings is 2. The number of anilines is 1. The predicted molar refractivity (Wildman–Crippen MR) is 92.1 cm³/mol. The maximum atomic E-state index is 6.20. The molecule has 2 aliphatic heterocycles. The minimum absolute atomic E-state index is 0.0490. The number of nitrogens with zero attached hydrogens (tertiary/aromatic N) is 3. The van der Waals surface area contributed by atoms with E-state index in [2.05, 4.69) is 27.5 Å². The Hall–Kier alpha value is -2.79. The molecule has 0 fully saturated rings. The Morgan fingerprint density at radius 1 is 1.17 bits per heavy atom. The lowest BCUT2D eigenvalue weighted by Gasteiger charge is -2.34. The number of halogens is 1. The summed E-state index contributed by atoms with van der Waals surface area (Å²) in [4.78, 5) is 4.35. The lowest BCUT2D eigenvalue weighted by molar-refractivity contribution is 0.328. The number of ether oxygens (including phenoxy) is 1. The summed E-state index contributed by atoms with van der Waals surface area (Å²) >= 11 is 6.20. The molecular weight excluding hydrogens is 324 g/mol. The van der Waals surface area contributed by atoms with Gasteiger partial charge < -0.3 is 10.1 Å². The van der Waals surface area contributed by atoms with E-state index >= 15 is 0 Å². The molecule has 1 atom stereocenters. The highest BCUT2D eigenvalue weighted by molar-refractivity contribution is 6.30. The number of nitrogens with one attached hydrogen (secondary N) is 1. The molecule has 3 heterocycles.